The molecule has 0 heterocycles. The van der Waals surface area contributed by atoms with E-state index in [0.717, 1.165) is 11.6 Å². The highest BCUT2D eigenvalue weighted by Gasteiger charge is 2.22. The summed E-state index contributed by atoms with van der Waals surface area (Å²) in [6.07, 6.45) is 0.431. The lowest BCUT2D eigenvalue weighted by atomic mass is 9.99. The summed E-state index contributed by atoms with van der Waals surface area (Å²) in [7, 11) is 1.40. The lowest BCUT2D eigenvalue weighted by Gasteiger charge is -2.17. The van der Waals surface area contributed by atoms with Crippen LogP contribution in [0.2, 0.25) is 0 Å². The second-order valence-electron chi connectivity index (χ2n) is 5.69. The fraction of sp³-hybridized carbons (Fsp3) is 0.300. The Morgan fingerprint density at radius 3 is 2.54 bits per heavy atom. The highest BCUT2D eigenvalue weighted by molar-refractivity contribution is 5.97. The maximum absolute atomic E-state index is 13.4. The van der Waals surface area contributed by atoms with Crippen molar-refractivity contribution < 1.29 is 23.5 Å². The smallest absolute Gasteiger partial charge is 0.311 e. The van der Waals surface area contributed by atoms with Crippen molar-refractivity contribution in [1.29, 1.82) is 0 Å². The standard InChI is InChI=1S/C20H22FNO4/c1-3-26-20(24)15(11-14-7-5-4-6-8-14)13-22-19(23)17-12-16(21)9-10-18(17)25-2/h4-10,12,15H,3,11,13H2,1-2H3,(H,22,23). The number of hydrogen-bond donors (Lipinski definition) is 1. The van der Waals surface area contributed by atoms with Crippen molar-refractivity contribution in [1.82, 2.24) is 5.32 Å². The zero-order valence-electron chi connectivity index (χ0n) is 14.8. The Hall–Kier alpha value is -2.89. The van der Waals surface area contributed by atoms with E-state index in [2.05, 4.69) is 5.32 Å². The van der Waals surface area contributed by atoms with Gasteiger partial charge in [0.25, 0.3) is 5.91 Å². The molecular weight excluding hydrogens is 337 g/mol. The molecule has 2 aromatic carbocycles. The van der Waals surface area contributed by atoms with Crippen LogP contribution < -0.4 is 10.1 Å². The Labute approximate surface area is 152 Å². The molecule has 1 N–H and O–H groups in total. The number of amides is 1. The van der Waals surface area contributed by atoms with Gasteiger partial charge in [0.15, 0.2) is 0 Å². The molecule has 0 radical (unpaired) electrons. The Morgan fingerprint density at radius 2 is 1.88 bits per heavy atom. The number of hydrogen-bond acceptors (Lipinski definition) is 4. The van der Waals surface area contributed by atoms with Crippen LogP contribution in [-0.4, -0.2) is 32.1 Å². The molecule has 138 valence electrons. The quantitative estimate of drug-likeness (QED) is 0.736. The van der Waals surface area contributed by atoms with E-state index in [0.29, 0.717) is 6.42 Å². The summed E-state index contributed by atoms with van der Waals surface area (Å²) < 4.78 is 23.6. The Balaban J connectivity index is 2.09. The Kier molecular flexibility index (Phi) is 7.14. The third-order valence-electron chi connectivity index (χ3n) is 3.86. The molecule has 0 saturated heterocycles. The summed E-state index contributed by atoms with van der Waals surface area (Å²) in [6, 6.07) is 13.2. The first-order valence-electron chi connectivity index (χ1n) is 8.37. The number of methoxy groups -OCH3 is 1. The maximum Gasteiger partial charge on any atom is 0.311 e. The third kappa shape index (κ3) is 5.31. The molecule has 6 heteroatoms. The molecular formula is C20H22FNO4. The highest BCUT2D eigenvalue weighted by atomic mass is 19.1. The second kappa shape index (κ2) is 9.56. The van der Waals surface area contributed by atoms with E-state index >= 15 is 0 Å². The molecule has 0 aromatic heterocycles. The SMILES string of the molecule is CCOC(=O)C(CNC(=O)c1cc(F)ccc1OC)Cc1ccccc1. The van der Waals surface area contributed by atoms with Crippen LogP contribution >= 0.6 is 0 Å². The fourth-order valence-electron chi connectivity index (χ4n) is 2.57. The van der Waals surface area contributed by atoms with Crippen molar-refractivity contribution in [3.05, 3.63) is 65.5 Å². The molecule has 0 aliphatic carbocycles. The van der Waals surface area contributed by atoms with Gasteiger partial charge in [0, 0.05) is 6.54 Å². The summed E-state index contributed by atoms with van der Waals surface area (Å²) in [6.45, 7) is 2.07. The number of ether oxygens (including phenoxy) is 2. The Bertz CT molecular complexity index is 749. The highest BCUT2D eigenvalue weighted by Crippen LogP contribution is 2.19. The summed E-state index contributed by atoms with van der Waals surface area (Å²) in [5.41, 5.74) is 1.04. The third-order valence-corrected chi connectivity index (χ3v) is 3.86. The van der Waals surface area contributed by atoms with Gasteiger partial charge in [-0.2, -0.15) is 0 Å². The predicted octanol–water partition coefficient (Wildman–Crippen LogP) is 2.99. The first-order valence-corrected chi connectivity index (χ1v) is 8.37. The molecule has 0 aliphatic rings. The molecule has 0 saturated carbocycles. The first-order chi connectivity index (χ1) is 12.5. The van der Waals surface area contributed by atoms with E-state index in [-0.39, 0.29) is 30.4 Å². The van der Waals surface area contributed by atoms with Gasteiger partial charge in [0.2, 0.25) is 0 Å². The lowest BCUT2D eigenvalue weighted by molar-refractivity contribution is -0.147. The van der Waals surface area contributed by atoms with Crippen LogP contribution in [0.15, 0.2) is 48.5 Å². The zero-order chi connectivity index (χ0) is 18.9. The number of rotatable bonds is 8. The average Bonchev–Trinajstić information content (AvgIpc) is 2.65. The molecule has 0 bridgehead atoms. The molecule has 26 heavy (non-hydrogen) atoms. The topological polar surface area (TPSA) is 64.6 Å². The zero-order valence-corrected chi connectivity index (χ0v) is 14.8. The van der Waals surface area contributed by atoms with Gasteiger partial charge in [-0.3, -0.25) is 9.59 Å². The van der Waals surface area contributed by atoms with E-state index in [1.54, 1.807) is 6.92 Å². The molecule has 1 unspecified atom stereocenters. The molecule has 5 nitrogen and oxygen atoms in total. The van der Waals surface area contributed by atoms with Gasteiger partial charge in [0.1, 0.15) is 11.6 Å². The van der Waals surface area contributed by atoms with Crippen LogP contribution in [0.3, 0.4) is 0 Å². The summed E-state index contributed by atoms with van der Waals surface area (Å²) in [4.78, 5) is 24.6. The number of carbonyl (C=O) groups excluding carboxylic acids is 2. The second-order valence-corrected chi connectivity index (χ2v) is 5.69. The number of esters is 1. The molecule has 0 aliphatic heterocycles. The summed E-state index contributed by atoms with van der Waals surface area (Å²) in [5, 5.41) is 2.67. The number of carbonyl (C=O) groups is 2. The summed E-state index contributed by atoms with van der Waals surface area (Å²) >= 11 is 0. The lowest BCUT2D eigenvalue weighted by Crippen LogP contribution is -2.35. The van der Waals surface area contributed by atoms with E-state index in [9.17, 15) is 14.0 Å². The Morgan fingerprint density at radius 1 is 1.15 bits per heavy atom. The van der Waals surface area contributed by atoms with E-state index in [4.69, 9.17) is 9.47 Å². The predicted molar refractivity (Wildman–Crippen MR) is 95.6 cm³/mol. The average molecular weight is 359 g/mol. The van der Waals surface area contributed by atoms with Gasteiger partial charge < -0.3 is 14.8 Å². The largest absolute Gasteiger partial charge is 0.496 e. The number of nitrogens with one attached hydrogen (secondary N) is 1. The normalized spacial score (nSPS) is 11.5. The van der Waals surface area contributed by atoms with Crippen LogP contribution in [-0.2, 0) is 16.0 Å². The maximum atomic E-state index is 13.4. The van der Waals surface area contributed by atoms with Crippen LogP contribution in [0, 0.1) is 11.7 Å². The van der Waals surface area contributed by atoms with Crippen LogP contribution in [0.5, 0.6) is 5.75 Å². The van der Waals surface area contributed by atoms with Crippen molar-refractivity contribution in [2.24, 2.45) is 5.92 Å². The van der Waals surface area contributed by atoms with Crippen molar-refractivity contribution in [3.63, 3.8) is 0 Å². The van der Waals surface area contributed by atoms with Crippen LogP contribution in [0.1, 0.15) is 22.8 Å². The van der Waals surface area contributed by atoms with Gasteiger partial charge >= 0.3 is 5.97 Å². The van der Waals surface area contributed by atoms with E-state index in [1.807, 2.05) is 30.3 Å². The van der Waals surface area contributed by atoms with E-state index < -0.39 is 17.6 Å². The fourth-order valence-corrected chi connectivity index (χ4v) is 2.57. The van der Waals surface area contributed by atoms with Gasteiger partial charge in [-0.05, 0) is 37.1 Å². The first kappa shape index (κ1) is 19.4. The van der Waals surface area contributed by atoms with Crippen molar-refractivity contribution in [2.75, 3.05) is 20.3 Å². The van der Waals surface area contributed by atoms with Crippen LogP contribution in [0.4, 0.5) is 4.39 Å². The van der Waals surface area contributed by atoms with Crippen molar-refractivity contribution in [2.45, 2.75) is 13.3 Å². The molecule has 0 fully saturated rings. The molecule has 2 aromatic rings. The molecule has 1 atom stereocenters. The minimum Gasteiger partial charge on any atom is -0.496 e. The van der Waals surface area contributed by atoms with E-state index in [1.165, 1.54) is 19.2 Å². The molecule has 2 rings (SSSR count). The minimum absolute atomic E-state index is 0.0756. The van der Waals surface area contributed by atoms with Gasteiger partial charge in [0.05, 0.1) is 25.2 Å². The van der Waals surface area contributed by atoms with Crippen molar-refractivity contribution in [3.8, 4) is 5.75 Å². The van der Waals surface area contributed by atoms with Crippen LogP contribution in [0.25, 0.3) is 0 Å². The van der Waals surface area contributed by atoms with Gasteiger partial charge in [-0.25, -0.2) is 4.39 Å². The van der Waals surface area contributed by atoms with Gasteiger partial charge in [-0.1, -0.05) is 30.3 Å². The minimum atomic E-state index is -0.541. The van der Waals surface area contributed by atoms with Gasteiger partial charge in [-0.15, -0.1) is 0 Å². The number of halogens is 1. The monoisotopic (exact) mass is 359 g/mol. The molecule has 1 amide bonds. The van der Waals surface area contributed by atoms with Crippen molar-refractivity contribution >= 4 is 11.9 Å². The number of benzene rings is 2. The summed E-state index contributed by atoms with van der Waals surface area (Å²) in [5.74, 6) is -1.71. The molecule has 0 spiro atoms.